The predicted molar refractivity (Wildman–Crippen MR) is 66.0 cm³/mol. The molecule has 0 saturated heterocycles. The molecule has 0 spiro atoms. The zero-order chi connectivity index (χ0) is 11.7. The van der Waals surface area contributed by atoms with Crippen LogP contribution in [-0.2, 0) is 0 Å². The van der Waals surface area contributed by atoms with Crippen LogP contribution in [0.4, 0.5) is 4.39 Å². The minimum absolute atomic E-state index is 0.0343. The lowest BCUT2D eigenvalue weighted by molar-refractivity contribution is 0.266. The fourth-order valence-corrected chi connectivity index (χ4v) is 1.49. The molecule has 0 aromatic heterocycles. The van der Waals surface area contributed by atoms with Crippen molar-refractivity contribution >= 4 is 0 Å². The van der Waals surface area contributed by atoms with Crippen molar-refractivity contribution in [3.63, 3.8) is 0 Å². The summed E-state index contributed by atoms with van der Waals surface area (Å²) in [6.07, 6.45) is 6.06. The quantitative estimate of drug-likeness (QED) is 0.604. The number of hydrogen-bond acceptors (Lipinski definition) is 1. The van der Waals surface area contributed by atoms with Crippen LogP contribution in [0.25, 0.3) is 0 Å². The molecule has 0 fully saturated rings. The van der Waals surface area contributed by atoms with Crippen molar-refractivity contribution in [1.29, 1.82) is 0 Å². The van der Waals surface area contributed by atoms with Gasteiger partial charge < -0.3 is 5.32 Å². The van der Waals surface area contributed by atoms with Gasteiger partial charge in [0.15, 0.2) is 0 Å². The molecule has 0 aliphatic rings. The smallest absolute Gasteiger partial charge is 0.113 e. The molecule has 0 rings (SSSR count). The Hall–Kier alpha value is -0.110. The van der Waals surface area contributed by atoms with Crippen molar-refractivity contribution in [3.05, 3.63) is 0 Å². The largest absolute Gasteiger partial charge is 0.309 e. The van der Waals surface area contributed by atoms with Crippen LogP contribution in [-0.4, -0.2) is 18.3 Å². The summed E-state index contributed by atoms with van der Waals surface area (Å²) in [5.41, 5.74) is 0.0343. The lowest BCUT2D eigenvalue weighted by atomic mass is 10.1. The van der Waals surface area contributed by atoms with Gasteiger partial charge in [-0.2, -0.15) is 0 Å². The molecule has 0 bridgehead atoms. The molecule has 0 heterocycles. The number of halogens is 1. The number of hydrogen-bond donors (Lipinski definition) is 1. The van der Waals surface area contributed by atoms with Gasteiger partial charge in [0, 0.05) is 12.1 Å². The first-order valence-corrected chi connectivity index (χ1v) is 6.35. The maximum atomic E-state index is 13.4. The molecule has 15 heavy (non-hydrogen) atoms. The summed E-state index contributed by atoms with van der Waals surface area (Å²) in [5.74, 6) is 0. The molecule has 0 aliphatic heterocycles. The van der Waals surface area contributed by atoms with Gasteiger partial charge in [0.1, 0.15) is 6.17 Å². The highest BCUT2D eigenvalue weighted by Gasteiger charge is 2.12. The second-order valence-electron chi connectivity index (χ2n) is 5.43. The van der Waals surface area contributed by atoms with Gasteiger partial charge in [0.2, 0.25) is 0 Å². The second kappa shape index (κ2) is 8.09. The molecule has 1 N–H and O–H groups in total. The van der Waals surface area contributed by atoms with E-state index in [-0.39, 0.29) is 5.54 Å². The van der Waals surface area contributed by atoms with E-state index in [0.717, 1.165) is 6.42 Å². The molecule has 0 aromatic rings. The van der Waals surface area contributed by atoms with Crippen LogP contribution in [0.2, 0.25) is 0 Å². The van der Waals surface area contributed by atoms with E-state index in [0.29, 0.717) is 13.0 Å². The molecule has 0 saturated carbocycles. The van der Waals surface area contributed by atoms with E-state index in [1.54, 1.807) is 0 Å². The number of unbranched alkanes of at least 4 members (excludes halogenated alkanes) is 4. The van der Waals surface area contributed by atoms with Crippen LogP contribution in [0, 0.1) is 0 Å². The fourth-order valence-electron chi connectivity index (χ4n) is 1.49. The third kappa shape index (κ3) is 11.8. The summed E-state index contributed by atoms with van der Waals surface area (Å²) in [6, 6.07) is 0. The Morgan fingerprint density at radius 1 is 1.07 bits per heavy atom. The molecule has 0 amide bonds. The van der Waals surface area contributed by atoms with Gasteiger partial charge in [-0.1, -0.05) is 39.0 Å². The van der Waals surface area contributed by atoms with Crippen molar-refractivity contribution < 1.29 is 4.39 Å². The highest BCUT2D eigenvalue weighted by atomic mass is 19.1. The Labute approximate surface area is 94.8 Å². The first kappa shape index (κ1) is 14.9. The van der Waals surface area contributed by atoms with Crippen molar-refractivity contribution in [1.82, 2.24) is 5.32 Å². The van der Waals surface area contributed by atoms with E-state index in [1.807, 2.05) is 0 Å². The van der Waals surface area contributed by atoms with E-state index in [9.17, 15) is 4.39 Å². The Morgan fingerprint density at radius 2 is 1.67 bits per heavy atom. The standard InChI is InChI=1S/C13H28FN/c1-5-6-7-8-9-10-12(14)11-15-13(2,3)4/h12,15H,5-11H2,1-4H3. The van der Waals surface area contributed by atoms with Crippen LogP contribution < -0.4 is 5.32 Å². The normalized spacial score (nSPS) is 14.2. The van der Waals surface area contributed by atoms with E-state index in [4.69, 9.17) is 0 Å². The van der Waals surface area contributed by atoms with Gasteiger partial charge in [-0.3, -0.25) is 0 Å². The summed E-state index contributed by atoms with van der Waals surface area (Å²) in [7, 11) is 0. The SMILES string of the molecule is CCCCCCCC(F)CNC(C)(C)C. The molecule has 2 heteroatoms. The van der Waals surface area contributed by atoms with Crippen molar-refractivity contribution in [3.8, 4) is 0 Å². The maximum absolute atomic E-state index is 13.4. The zero-order valence-corrected chi connectivity index (χ0v) is 10.9. The maximum Gasteiger partial charge on any atom is 0.113 e. The van der Waals surface area contributed by atoms with Gasteiger partial charge in [-0.05, 0) is 27.2 Å². The number of alkyl halides is 1. The summed E-state index contributed by atoms with van der Waals surface area (Å²) in [6.45, 7) is 8.91. The molecule has 0 aliphatic carbocycles. The molecule has 0 radical (unpaired) electrons. The summed E-state index contributed by atoms with van der Waals surface area (Å²) in [4.78, 5) is 0. The minimum Gasteiger partial charge on any atom is -0.309 e. The fraction of sp³-hybridized carbons (Fsp3) is 1.00. The molecular formula is C13H28FN. The summed E-state index contributed by atoms with van der Waals surface area (Å²) < 4.78 is 13.4. The summed E-state index contributed by atoms with van der Waals surface area (Å²) >= 11 is 0. The van der Waals surface area contributed by atoms with E-state index < -0.39 is 6.17 Å². The lowest BCUT2D eigenvalue weighted by Gasteiger charge is -2.22. The van der Waals surface area contributed by atoms with Crippen LogP contribution in [0.5, 0.6) is 0 Å². The second-order valence-corrected chi connectivity index (χ2v) is 5.43. The van der Waals surface area contributed by atoms with Gasteiger partial charge in [0.05, 0.1) is 0 Å². The van der Waals surface area contributed by atoms with E-state index in [2.05, 4.69) is 33.0 Å². The van der Waals surface area contributed by atoms with Crippen LogP contribution in [0.1, 0.15) is 66.2 Å². The van der Waals surface area contributed by atoms with Crippen LogP contribution in [0.3, 0.4) is 0 Å². The molecule has 1 nitrogen and oxygen atoms in total. The highest BCUT2D eigenvalue weighted by molar-refractivity contribution is 4.72. The monoisotopic (exact) mass is 217 g/mol. The third-order valence-corrected chi connectivity index (χ3v) is 2.47. The molecular weight excluding hydrogens is 189 g/mol. The topological polar surface area (TPSA) is 12.0 Å². The lowest BCUT2D eigenvalue weighted by Crippen LogP contribution is -2.39. The Morgan fingerprint density at radius 3 is 2.20 bits per heavy atom. The van der Waals surface area contributed by atoms with E-state index >= 15 is 0 Å². The Balaban J connectivity index is 3.30. The van der Waals surface area contributed by atoms with Gasteiger partial charge in [-0.15, -0.1) is 0 Å². The predicted octanol–water partition coefficient (Wildman–Crippen LogP) is 4.07. The molecule has 1 unspecified atom stereocenters. The van der Waals surface area contributed by atoms with Crippen LogP contribution >= 0.6 is 0 Å². The van der Waals surface area contributed by atoms with Crippen molar-refractivity contribution in [2.45, 2.75) is 77.9 Å². The van der Waals surface area contributed by atoms with Crippen molar-refractivity contribution in [2.24, 2.45) is 0 Å². The van der Waals surface area contributed by atoms with Gasteiger partial charge in [0.25, 0.3) is 0 Å². The van der Waals surface area contributed by atoms with E-state index in [1.165, 1.54) is 25.7 Å². The Kier molecular flexibility index (Phi) is 8.03. The van der Waals surface area contributed by atoms with Crippen molar-refractivity contribution in [2.75, 3.05) is 6.54 Å². The zero-order valence-electron chi connectivity index (χ0n) is 10.9. The number of rotatable bonds is 8. The van der Waals surface area contributed by atoms with Crippen LogP contribution in [0.15, 0.2) is 0 Å². The highest BCUT2D eigenvalue weighted by Crippen LogP contribution is 2.09. The Bertz CT molecular complexity index is 140. The average molecular weight is 217 g/mol. The first-order chi connectivity index (χ1) is 6.95. The summed E-state index contributed by atoms with van der Waals surface area (Å²) in [5, 5.41) is 3.20. The molecule has 92 valence electrons. The van der Waals surface area contributed by atoms with Gasteiger partial charge >= 0.3 is 0 Å². The number of nitrogens with one attached hydrogen (secondary N) is 1. The molecule has 1 atom stereocenters. The van der Waals surface area contributed by atoms with Gasteiger partial charge in [-0.25, -0.2) is 4.39 Å². The first-order valence-electron chi connectivity index (χ1n) is 6.35. The minimum atomic E-state index is -0.675. The third-order valence-electron chi connectivity index (χ3n) is 2.47. The average Bonchev–Trinajstić information content (AvgIpc) is 2.13. The molecule has 0 aromatic carbocycles.